The van der Waals surface area contributed by atoms with Crippen molar-refractivity contribution in [1.29, 1.82) is 0 Å². The van der Waals surface area contributed by atoms with Gasteiger partial charge in [-0.15, -0.1) is 11.3 Å². The zero-order valence-electron chi connectivity index (χ0n) is 10.2. The van der Waals surface area contributed by atoms with Crippen molar-refractivity contribution in [3.8, 4) is 10.6 Å². The van der Waals surface area contributed by atoms with Gasteiger partial charge < -0.3 is 5.32 Å². The van der Waals surface area contributed by atoms with E-state index in [4.69, 9.17) is 0 Å². The van der Waals surface area contributed by atoms with Crippen LogP contribution in [0.1, 0.15) is 22.3 Å². The van der Waals surface area contributed by atoms with Crippen molar-refractivity contribution in [2.75, 3.05) is 6.54 Å². The number of aryl methyl sites for hydroxylation is 1. The van der Waals surface area contributed by atoms with Crippen molar-refractivity contribution >= 4 is 33.2 Å². The fourth-order valence-corrected chi connectivity index (χ4v) is 2.82. The second-order valence-corrected chi connectivity index (χ2v) is 5.71. The Bertz CT molecular complexity index is 563. The van der Waals surface area contributed by atoms with Crippen LogP contribution in [0.15, 0.2) is 28.7 Å². The molecule has 0 spiro atoms. The molecule has 0 fully saturated rings. The van der Waals surface area contributed by atoms with Gasteiger partial charge in [-0.1, -0.05) is 28.1 Å². The fraction of sp³-hybridized carbons (Fsp3) is 0.231. The second kappa shape index (κ2) is 5.63. The molecule has 5 heteroatoms. The Morgan fingerprint density at radius 1 is 1.39 bits per heavy atom. The third kappa shape index (κ3) is 2.79. The van der Waals surface area contributed by atoms with Gasteiger partial charge in [0.05, 0.1) is 5.69 Å². The Labute approximate surface area is 118 Å². The molecule has 1 heterocycles. The Kier molecular flexibility index (Phi) is 4.14. The topological polar surface area (TPSA) is 42.0 Å². The standard InChI is InChI=1S/C13H13BrN2OS/c1-3-15-12(17)11-8(2)16-13(18-11)9-4-6-10(14)7-5-9/h4-7H,3H2,1-2H3,(H,15,17). The third-order valence-corrected chi connectivity index (χ3v) is 4.17. The molecule has 0 saturated heterocycles. The molecule has 0 saturated carbocycles. The van der Waals surface area contributed by atoms with Crippen LogP contribution < -0.4 is 5.32 Å². The smallest absolute Gasteiger partial charge is 0.263 e. The van der Waals surface area contributed by atoms with Gasteiger partial charge in [-0.2, -0.15) is 0 Å². The van der Waals surface area contributed by atoms with Crippen LogP contribution in [0, 0.1) is 6.92 Å². The summed E-state index contributed by atoms with van der Waals surface area (Å²) < 4.78 is 1.03. The van der Waals surface area contributed by atoms with E-state index in [1.54, 1.807) is 0 Å². The quantitative estimate of drug-likeness (QED) is 0.936. The molecule has 1 N–H and O–H groups in total. The number of nitrogens with zero attached hydrogens (tertiary/aromatic N) is 1. The molecule has 0 bridgehead atoms. The van der Waals surface area contributed by atoms with Crippen LogP contribution in [0.4, 0.5) is 0 Å². The van der Waals surface area contributed by atoms with Gasteiger partial charge in [0.15, 0.2) is 0 Å². The van der Waals surface area contributed by atoms with Gasteiger partial charge in [-0.05, 0) is 26.0 Å². The summed E-state index contributed by atoms with van der Waals surface area (Å²) in [6.45, 7) is 4.40. The van der Waals surface area contributed by atoms with Crippen LogP contribution in [0.25, 0.3) is 10.6 Å². The number of carbonyl (C=O) groups excluding carboxylic acids is 1. The van der Waals surface area contributed by atoms with Gasteiger partial charge in [0.25, 0.3) is 5.91 Å². The summed E-state index contributed by atoms with van der Waals surface area (Å²) in [4.78, 5) is 17.0. The Morgan fingerprint density at radius 2 is 2.06 bits per heavy atom. The highest BCUT2D eigenvalue weighted by molar-refractivity contribution is 9.10. The fourth-order valence-electron chi connectivity index (χ4n) is 1.56. The van der Waals surface area contributed by atoms with E-state index in [0.29, 0.717) is 11.4 Å². The SMILES string of the molecule is CCNC(=O)c1sc(-c2ccc(Br)cc2)nc1C. The van der Waals surface area contributed by atoms with Crippen LogP contribution in [0.3, 0.4) is 0 Å². The van der Waals surface area contributed by atoms with Crippen molar-refractivity contribution < 1.29 is 4.79 Å². The van der Waals surface area contributed by atoms with E-state index < -0.39 is 0 Å². The number of benzene rings is 1. The normalized spacial score (nSPS) is 10.4. The van der Waals surface area contributed by atoms with Crippen molar-refractivity contribution in [2.24, 2.45) is 0 Å². The van der Waals surface area contributed by atoms with Crippen molar-refractivity contribution in [1.82, 2.24) is 10.3 Å². The predicted octanol–water partition coefficient (Wildman–Crippen LogP) is 3.63. The lowest BCUT2D eigenvalue weighted by Crippen LogP contribution is -2.22. The molecule has 3 nitrogen and oxygen atoms in total. The first-order valence-electron chi connectivity index (χ1n) is 5.63. The van der Waals surface area contributed by atoms with Crippen LogP contribution >= 0.6 is 27.3 Å². The second-order valence-electron chi connectivity index (χ2n) is 3.80. The lowest BCUT2D eigenvalue weighted by atomic mass is 10.2. The van der Waals surface area contributed by atoms with Crippen molar-refractivity contribution in [3.63, 3.8) is 0 Å². The molecular formula is C13H13BrN2OS. The van der Waals surface area contributed by atoms with Gasteiger partial charge in [0, 0.05) is 16.6 Å². The number of thiazole rings is 1. The lowest BCUT2D eigenvalue weighted by Gasteiger charge is -1.98. The number of hydrogen-bond donors (Lipinski definition) is 1. The highest BCUT2D eigenvalue weighted by Crippen LogP contribution is 2.28. The number of amides is 1. The minimum Gasteiger partial charge on any atom is -0.352 e. The molecular weight excluding hydrogens is 312 g/mol. The Balaban J connectivity index is 2.34. The number of hydrogen-bond acceptors (Lipinski definition) is 3. The number of nitrogens with one attached hydrogen (secondary N) is 1. The first kappa shape index (κ1) is 13.2. The van der Waals surface area contributed by atoms with Crippen LogP contribution in [-0.2, 0) is 0 Å². The maximum atomic E-state index is 11.8. The molecule has 2 rings (SSSR count). The minimum atomic E-state index is -0.0455. The monoisotopic (exact) mass is 324 g/mol. The molecule has 2 aromatic rings. The summed E-state index contributed by atoms with van der Waals surface area (Å²) in [6.07, 6.45) is 0. The van der Waals surface area contributed by atoms with E-state index >= 15 is 0 Å². The summed E-state index contributed by atoms with van der Waals surface area (Å²) in [6, 6.07) is 7.92. The average molecular weight is 325 g/mol. The lowest BCUT2D eigenvalue weighted by molar-refractivity contribution is 0.0959. The Hall–Kier alpha value is -1.20. The average Bonchev–Trinajstić information content (AvgIpc) is 2.72. The first-order valence-corrected chi connectivity index (χ1v) is 7.24. The molecule has 0 aliphatic carbocycles. The predicted molar refractivity (Wildman–Crippen MR) is 78.0 cm³/mol. The summed E-state index contributed by atoms with van der Waals surface area (Å²) in [5, 5.41) is 3.68. The molecule has 1 amide bonds. The molecule has 18 heavy (non-hydrogen) atoms. The molecule has 0 aliphatic rings. The highest BCUT2D eigenvalue weighted by atomic mass is 79.9. The minimum absolute atomic E-state index is 0.0455. The Morgan fingerprint density at radius 3 is 2.67 bits per heavy atom. The maximum Gasteiger partial charge on any atom is 0.263 e. The zero-order chi connectivity index (χ0) is 13.1. The molecule has 94 valence electrons. The number of aromatic nitrogens is 1. The number of carbonyl (C=O) groups is 1. The first-order chi connectivity index (χ1) is 8.61. The number of rotatable bonds is 3. The van der Waals surface area contributed by atoms with E-state index in [9.17, 15) is 4.79 Å². The zero-order valence-corrected chi connectivity index (χ0v) is 12.6. The molecule has 0 atom stereocenters. The van der Waals surface area contributed by atoms with Crippen molar-refractivity contribution in [3.05, 3.63) is 39.3 Å². The molecule has 0 radical (unpaired) electrons. The van der Waals surface area contributed by atoms with Gasteiger partial charge in [-0.3, -0.25) is 4.79 Å². The van der Waals surface area contributed by atoms with E-state index in [1.165, 1.54) is 11.3 Å². The van der Waals surface area contributed by atoms with Crippen molar-refractivity contribution in [2.45, 2.75) is 13.8 Å². The van der Waals surface area contributed by atoms with Crippen LogP contribution in [0.2, 0.25) is 0 Å². The third-order valence-electron chi connectivity index (χ3n) is 2.43. The van der Waals surface area contributed by atoms with Crippen LogP contribution in [0.5, 0.6) is 0 Å². The largest absolute Gasteiger partial charge is 0.352 e. The van der Waals surface area contributed by atoms with E-state index in [2.05, 4.69) is 26.2 Å². The molecule has 0 unspecified atom stereocenters. The van der Waals surface area contributed by atoms with Gasteiger partial charge in [-0.25, -0.2) is 4.98 Å². The highest BCUT2D eigenvalue weighted by Gasteiger charge is 2.15. The van der Waals surface area contributed by atoms with Gasteiger partial charge in [0.2, 0.25) is 0 Å². The van der Waals surface area contributed by atoms with E-state index in [1.807, 2.05) is 38.1 Å². The summed E-state index contributed by atoms with van der Waals surface area (Å²) in [7, 11) is 0. The molecule has 0 aliphatic heterocycles. The van der Waals surface area contributed by atoms with E-state index in [0.717, 1.165) is 20.7 Å². The molecule has 1 aromatic heterocycles. The van der Waals surface area contributed by atoms with Gasteiger partial charge in [0.1, 0.15) is 9.88 Å². The van der Waals surface area contributed by atoms with Crippen LogP contribution in [-0.4, -0.2) is 17.4 Å². The summed E-state index contributed by atoms with van der Waals surface area (Å²) in [5.41, 5.74) is 1.81. The number of halogens is 1. The van der Waals surface area contributed by atoms with E-state index in [-0.39, 0.29) is 5.91 Å². The summed E-state index contributed by atoms with van der Waals surface area (Å²) >= 11 is 4.83. The molecule has 1 aromatic carbocycles. The maximum absolute atomic E-state index is 11.8. The summed E-state index contributed by atoms with van der Waals surface area (Å²) in [5.74, 6) is -0.0455. The van der Waals surface area contributed by atoms with Gasteiger partial charge >= 0.3 is 0 Å².